The van der Waals surface area contributed by atoms with Gasteiger partial charge in [0.1, 0.15) is 5.54 Å². The number of nitrogens with one attached hydrogen (secondary N) is 2. The molecule has 2 fully saturated rings. The first-order valence-corrected chi connectivity index (χ1v) is 11.6. The Kier molecular flexibility index (Phi) is 6.59. The molecule has 0 bridgehead atoms. The van der Waals surface area contributed by atoms with Crippen LogP contribution in [-0.4, -0.2) is 54.6 Å². The number of carbonyl (C=O) groups excluding carboxylic acids is 3. The molecule has 0 radical (unpaired) electrons. The first-order valence-electron chi connectivity index (χ1n) is 9.99. The molecular formula is C21H22BrN3O5S. The van der Waals surface area contributed by atoms with E-state index in [1.807, 2.05) is 4.90 Å². The van der Waals surface area contributed by atoms with Gasteiger partial charge in [-0.05, 0) is 65.2 Å². The molecule has 1 unspecified atom stereocenters. The summed E-state index contributed by atoms with van der Waals surface area (Å²) in [6, 6.07) is 10.2. The SMILES string of the molecule is O=C(NC1(C(=O)Nc2ccc(C(=O)N3CCCC3)cc2)CCOC1)Oc1ccc(Br)s1. The summed E-state index contributed by atoms with van der Waals surface area (Å²) >= 11 is 4.58. The Morgan fingerprint density at radius 1 is 1.10 bits per heavy atom. The van der Waals surface area contributed by atoms with Crippen LogP contribution in [0.2, 0.25) is 0 Å². The van der Waals surface area contributed by atoms with Gasteiger partial charge in [0.2, 0.25) is 0 Å². The van der Waals surface area contributed by atoms with E-state index < -0.39 is 17.5 Å². The maximum atomic E-state index is 13.0. The Hall–Kier alpha value is -2.43. The number of hydrogen-bond acceptors (Lipinski definition) is 6. The number of benzene rings is 1. The van der Waals surface area contributed by atoms with Gasteiger partial charge in [-0.1, -0.05) is 11.3 Å². The van der Waals surface area contributed by atoms with Crippen molar-refractivity contribution < 1.29 is 23.9 Å². The molecule has 2 N–H and O–H groups in total. The standard InChI is InChI=1S/C21H22BrN3O5S/c22-16-7-8-17(31-16)30-20(28)24-21(9-12-29-13-21)19(27)23-15-5-3-14(4-6-15)18(26)25-10-1-2-11-25/h3-8H,1-2,9-13H2,(H,23,27)(H,24,28). The first-order chi connectivity index (χ1) is 14.9. The summed E-state index contributed by atoms with van der Waals surface area (Å²) < 4.78 is 11.5. The second kappa shape index (κ2) is 9.37. The number of ether oxygens (including phenoxy) is 2. The molecule has 0 spiro atoms. The Labute approximate surface area is 192 Å². The van der Waals surface area contributed by atoms with Gasteiger partial charge in [-0.25, -0.2) is 4.79 Å². The van der Waals surface area contributed by atoms with Crippen molar-refractivity contribution in [3.63, 3.8) is 0 Å². The molecule has 31 heavy (non-hydrogen) atoms. The maximum Gasteiger partial charge on any atom is 0.414 e. The summed E-state index contributed by atoms with van der Waals surface area (Å²) in [5.41, 5.74) is -0.107. The fourth-order valence-electron chi connectivity index (χ4n) is 3.61. The van der Waals surface area contributed by atoms with Crippen LogP contribution >= 0.6 is 27.3 Å². The van der Waals surface area contributed by atoms with Crippen LogP contribution in [-0.2, 0) is 9.53 Å². The molecule has 10 heteroatoms. The van der Waals surface area contributed by atoms with Crippen molar-refractivity contribution in [3.05, 3.63) is 45.7 Å². The van der Waals surface area contributed by atoms with Crippen LogP contribution < -0.4 is 15.4 Å². The van der Waals surface area contributed by atoms with Crippen LogP contribution in [0.25, 0.3) is 0 Å². The summed E-state index contributed by atoms with van der Waals surface area (Å²) in [5.74, 6) is -0.395. The monoisotopic (exact) mass is 507 g/mol. The van der Waals surface area contributed by atoms with Gasteiger partial charge in [0.15, 0.2) is 5.06 Å². The molecule has 8 nitrogen and oxygen atoms in total. The molecule has 164 valence electrons. The van der Waals surface area contributed by atoms with Gasteiger partial charge in [0.25, 0.3) is 11.8 Å². The van der Waals surface area contributed by atoms with E-state index in [0.29, 0.717) is 29.3 Å². The second-order valence-corrected chi connectivity index (χ2v) is 9.91. The number of nitrogens with zero attached hydrogens (tertiary/aromatic N) is 1. The highest BCUT2D eigenvalue weighted by atomic mass is 79.9. The largest absolute Gasteiger partial charge is 0.414 e. The highest BCUT2D eigenvalue weighted by molar-refractivity contribution is 9.11. The normalized spacial score (nSPS) is 20.5. The van der Waals surface area contributed by atoms with Gasteiger partial charge in [0.05, 0.1) is 10.4 Å². The smallest absolute Gasteiger partial charge is 0.399 e. The average Bonchev–Trinajstić information content (AvgIpc) is 3.51. The minimum absolute atomic E-state index is 0.000616. The molecule has 1 atom stereocenters. The molecule has 2 aliphatic heterocycles. The van der Waals surface area contributed by atoms with Gasteiger partial charge in [-0.15, -0.1) is 0 Å². The van der Waals surface area contributed by atoms with Crippen LogP contribution in [0, 0.1) is 0 Å². The highest BCUT2D eigenvalue weighted by Crippen LogP contribution is 2.29. The van der Waals surface area contributed by atoms with E-state index >= 15 is 0 Å². The fourth-order valence-corrected chi connectivity index (χ4v) is 4.81. The van der Waals surface area contributed by atoms with Crippen molar-refractivity contribution in [1.82, 2.24) is 10.2 Å². The number of carbonyl (C=O) groups is 3. The van der Waals surface area contributed by atoms with Crippen molar-refractivity contribution >= 4 is 50.9 Å². The Morgan fingerprint density at radius 2 is 1.84 bits per heavy atom. The molecule has 4 rings (SSSR count). The quantitative estimate of drug-likeness (QED) is 0.643. The summed E-state index contributed by atoms with van der Waals surface area (Å²) in [5, 5.41) is 5.90. The Balaban J connectivity index is 1.40. The predicted molar refractivity (Wildman–Crippen MR) is 120 cm³/mol. The molecule has 0 saturated carbocycles. The van der Waals surface area contributed by atoms with Gasteiger partial charge < -0.3 is 25.0 Å². The third kappa shape index (κ3) is 5.08. The van der Waals surface area contributed by atoms with Gasteiger partial charge in [-0.3, -0.25) is 9.59 Å². The number of rotatable bonds is 5. The topological polar surface area (TPSA) is 97.0 Å². The fraction of sp³-hybridized carbons (Fsp3) is 0.381. The van der Waals surface area contributed by atoms with E-state index in [9.17, 15) is 14.4 Å². The van der Waals surface area contributed by atoms with Crippen LogP contribution in [0.5, 0.6) is 5.06 Å². The lowest BCUT2D eigenvalue weighted by molar-refractivity contribution is -0.122. The van der Waals surface area contributed by atoms with Crippen molar-refractivity contribution in [2.45, 2.75) is 24.8 Å². The van der Waals surface area contributed by atoms with Gasteiger partial charge >= 0.3 is 6.09 Å². The van der Waals surface area contributed by atoms with Gasteiger partial charge in [-0.2, -0.15) is 0 Å². The van der Waals surface area contributed by atoms with E-state index in [0.717, 1.165) is 29.7 Å². The molecule has 2 aromatic rings. The lowest BCUT2D eigenvalue weighted by atomic mass is 9.97. The van der Waals surface area contributed by atoms with Crippen molar-refractivity contribution in [3.8, 4) is 5.06 Å². The number of halogens is 1. The molecule has 1 aromatic heterocycles. The highest BCUT2D eigenvalue weighted by Gasteiger charge is 2.44. The van der Waals surface area contributed by atoms with Crippen LogP contribution in [0.15, 0.2) is 40.2 Å². The minimum atomic E-state index is -1.23. The molecule has 0 aliphatic carbocycles. The maximum absolute atomic E-state index is 13.0. The average molecular weight is 508 g/mol. The zero-order valence-electron chi connectivity index (χ0n) is 16.7. The molecule has 1 aromatic carbocycles. The summed E-state index contributed by atoms with van der Waals surface area (Å²) in [6.07, 6.45) is 1.67. The lowest BCUT2D eigenvalue weighted by Crippen LogP contribution is -2.58. The third-order valence-corrected chi connectivity index (χ3v) is 6.82. The summed E-state index contributed by atoms with van der Waals surface area (Å²) in [4.78, 5) is 39.7. The van der Waals surface area contributed by atoms with Crippen LogP contribution in [0.4, 0.5) is 10.5 Å². The van der Waals surface area contributed by atoms with Crippen molar-refractivity contribution in [2.75, 3.05) is 31.6 Å². The minimum Gasteiger partial charge on any atom is -0.399 e. The van der Waals surface area contributed by atoms with E-state index in [2.05, 4.69) is 26.6 Å². The lowest BCUT2D eigenvalue weighted by Gasteiger charge is -2.26. The zero-order chi connectivity index (χ0) is 21.8. The Bertz CT molecular complexity index is 966. The van der Waals surface area contributed by atoms with E-state index in [4.69, 9.17) is 9.47 Å². The zero-order valence-corrected chi connectivity index (χ0v) is 19.1. The predicted octanol–water partition coefficient (Wildman–Crippen LogP) is 3.63. The summed E-state index contributed by atoms with van der Waals surface area (Å²) in [6.45, 7) is 1.96. The third-order valence-electron chi connectivity index (χ3n) is 5.32. The number of likely N-dealkylation sites (tertiary alicyclic amines) is 1. The summed E-state index contributed by atoms with van der Waals surface area (Å²) in [7, 11) is 0. The van der Waals surface area contributed by atoms with Crippen molar-refractivity contribution in [1.29, 1.82) is 0 Å². The Morgan fingerprint density at radius 3 is 2.45 bits per heavy atom. The molecule has 3 heterocycles. The molecule has 3 amide bonds. The van der Waals surface area contributed by atoms with E-state index in [1.165, 1.54) is 11.3 Å². The number of anilines is 1. The molecule has 2 saturated heterocycles. The number of hydrogen-bond donors (Lipinski definition) is 2. The van der Waals surface area contributed by atoms with Gasteiger partial charge in [0, 0.05) is 37.4 Å². The number of amides is 3. The van der Waals surface area contributed by atoms with Crippen LogP contribution in [0.1, 0.15) is 29.6 Å². The van der Waals surface area contributed by atoms with Crippen LogP contribution in [0.3, 0.4) is 0 Å². The molecule has 2 aliphatic rings. The van der Waals surface area contributed by atoms with E-state index in [-0.39, 0.29) is 12.5 Å². The van der Waals surface area contributed by atoms with E-state index in [1.54, 1.807) is 36.4 Å². The van der Waals surface area contributed by atoms with Crippen molar-refractivity contribution in [2.24, 2.45) is 0 Å². The number of thiophene rings is 1. The molecular weight excluding hydrogens is 486 g/mol. The second-order valence-electron chi connectivity index (χ2n) is 7.49. The first kappa shape index (κ1) is 21.8.